The van der Waals surface area contributed by atoms with Gasteiger partial charge < -0.3 is 34.9 Å². The van der Waals surface area contributed by atoms with E-state index in [9.17, 15) is 15.3 Å². The van der Waals surface area contributed by atoms with Crippen LogP contribution in [0.2, 0.25) is 0 Å². The van der Waals surface area contributed by atoms with Crippen molar-refractivity contribution >= 4 is 10.9 Å². The number of aliphatic hydroxyl groups excluding tert-OH is 4. The second-order valence-corrected chi connectivity index (χ2v) is 4.94. The van der Waals surface area contributed by atoms with Gasteiger partial charge in [0, 0.05) is 16.9 Å². The van der Waals surface area contributed by atoms with E-state index in [1.165, 1.54) is 0 Å². The molecule has 0 aliphatic carbocycles. The zero-order valence-corrected chi connectivity index (χ0v) is 11.0. The molecule has 1 saturated heterocycles. The Morgan fingerprint density at radius 1 is 1.19 bits per heavy atom. The van der Waals surface area contributed by atoms with Gasteiger partial charge in [-0.1, -0.05) is 18.2 Å². The van der Waals surface area contributed by atoms with Gasteiger partial charge in [0.15, 0.2) is 5.88 Å². The van der Waals surface area contributed by atoms with Gasteiger partial charge in [-0.25, -0.2) is 0 Å². The number of aromatic amines is 1. The zero-order valence-electron chi connectivity index (χ0n) is 12.0. The number of hydrogen-bond acceptors (Lipinski definition) is 6. The maximum atomic E-state index is 9.93. The number of rotatable bonds is 3. The highest BCUT2D eigenvalue weighted by Crippen LogP contribution is 2.26. The van der Waals surface area contributed by atoms with Gasteiger partial charge in [0.2, 0.25) is 6.29 Å². The van der Waals surface area contributed by atoms with Gasteiger partial charge >= 0.3 is 0 Å². The molecule has 0 radical (unpaired) electrons. The van der Waals surface area contributed by atoms with Crippen molar-refractivity contribution < 1.29 is 31.3 Å². The van der Waals surface area contributed by atoms with E-state index < -0.39 is 37.3 Å². The van der Waals surface area contributed by atoms with Crippen LogP contribution in [0.5, 0.6) is 5.88 Å². The number of fused-ring (bicyclic) bond motifs is 1. The van der Waals surface area contributed by atoms with Gasteiger partial charge in [-0.3, -0.25) is 0 Å². The van der Waals surface area contributed by atoms with Crippen molar-refractivity contribution in [2.75, 3.05) is 6.61 Å². The smallest absolute Gasteiger partial charge is 0.230 e. The minimum atomic E-state index is -1.52. The Balaban J connectivity index is 1.85. The molecular formula is C14H17NO6. The number of para-hydroxylation sites is 1. The second-order valence-electron chi connectivity index (χ2n) is 4.94. The highest BCUT2D eigenvalue weighted by molar-refractivity contribution is 5.81. The number of H-pyrrole nitrogens is 1. The van der Waals surface area contributed by atoms with Crippen LogP contribution in [0.25, 0.3) is 10.9 Å². The van der Waals surface area contributed by atoms with Gasteiger partial charge in [0.1, 0.15) is 24.4 Å². The predicted octanol–water partition coefficient (Wildman–Crippen LogP) is -0.653. The summed E-state index contributed by atoms with van der Waals surface area (Å²) in [6, 6.07) is 7.19. The SMILES string of the molecule is [2H]c1c(OC2O[C@H](CO)[C@H](O)[C@H](O)[C@H]2O)[nH]c2ccccc12. The highest BCUT2D eigenvalue weighted by Gasteiger charge is 2.44. The molecular weight excluding hydrogens is 278 g/mol. The summed E-state index contributed by atoms with van der Waals surface area (Å²) in [6.07, 6.45) is -6.84. The number of aromatic nitrogens is 1. The lowest BCUT2D eigenvalue weighted by molar-refractivity contribution is -0.278. The number of hydrogen-bond donors (Lipinski definition) is 5. The molecule has 3 rings (SSSR count). The van der Waals surface area contributed by atoms with Gasteiger partial charge in [-0.05, 0) is 6.07 Å². The van der Waals surface area contributed by atoms with Crippen LogP contribution >= 0.6 is 0 Å². The molecule has 2 aromatic rings. The first-order chi connectivity index (χ1) is 10.5. The molecule has 7 heteroatoms. The molecule has 7 nitrogen and oxygen atoms in total. The van der Waals surface area contributed by atoms with Crippen LogP contribution in [0.15, 0.2) is 30.3 Å². The van der Waals surface area contributed by atoms with Crippen molar-refractivity contribution in [3.05, 3.63) is 30.3 Å². The molecule has 1 unspecified atom stereocenters. The number of nitrogens with one attached hydrogen (secondary N) is 1. The lowest BCUT2D eigenvalue weighted by atomic mass is 9.99. The van der Waals surface area contributed by atoms with Crippen molar-refractivity contribution in [2.45, 2.75) is 30.7 Å². The molecule has 1 aliphatic rings. The zero-order chi connectivity index (χ0) is 15.9. The van der Waals surface area contributed by atoms with Crippen LogP contribution in [0.4, 0.5) is 0 Å². The lowest BCUT2D eigenvalue weighted by Gasteiger charge is -2.39. The normalized spacial score (nSPS) is 33.9. The van der Waals surface area contributed by atoms with E-state index in [4.69, 9.17) is 16.0 Å². The average Bonchev–Trinajstić information content (AvgIpc) is 2.84. The third kappa shape index (κ3) is 2.61. The van der Waals surface area contributed by atoms with Crippen LogP contribution in [0.3, 0.4) is 0 Å². The number of benzene rings is 1. The summed E-state index contributed by atoms with van der Waals surface area (Å²) in [6.45, 7) is -0.536. The third-order valence-electron chi connectivity index (χ3n) is 3.51. The molecule has 0 spiro atoms. The van der Waals surface area contributed by atoms with Gasteiger partial charge in [-0.15, -0.1) is 0 Å². The molecule has 1 fully saturated rings. The summed E-state index contributed by atoms with van der Waals surface area (Å²) in [5, 5.41) is 39.2. The van der Waals surface area contributed by atoms with Crippen molar-refractivity contribution in [1.29, 1.82) is 0 Å². The molecule has 1 aromatic carbocycles. The Hall–Kier alpha value is -1.64. The summed E-state index contributed by atoms with van der Waals surface area (Å²) in [7, 11) is 0. The molecule has 0 amide bonds. The molecule has 0 saturated carbocycles. The summed E-state index contributed by atoms with van der Waals surface area (Å²) in [5.74, 6) is 0.0746. The lowest BCUT2D eigenvalue weighted by Crippen LogP contribution is -2.60. The third-order valence-corrected chi connectivity index (χ3v) is 3.51. The van der Waals surface area contributed by atoms with Gasteiger partial charge in [0.05, 0.1) is 7.98 Å². The van der Waals surface area contributed by atoms with E-state index in [-0.39, 0.29) is 11.9 Å². The summed E-state index contributed by atoms with van der Waals surface area (Å²) >= 11 is 0. The van der Waals surface area contributed by atoms with E-state index in [0.29, 0.717) is 10.9 Å². The molecule has 21 heavy (non-hydrogen) atoms. The van der Waals surface area contributed by atoms with E-state index in [1.807, 2.05) is 0 Å². The number of aliphatic hydroxyl groups is 4. The molecule has 114 valence electrons. The first kappa shape index (κ1) is 13.1. The van der Waals surface area contributed by atoms with Crippen LogP contribution in [-0.2, 0) is 4.74 Å². The Labute approximate surface area is 121 Å². The highest BCUT2D eigenvalue weighted by atomic mass is 16.7. The minimum Gasteiger partial charge on any atom is -0.447 e. The molecule has 5 atom stereocenters. The Morgan fingerprint density at radius 3 is 2.67 bits per heavy atom. The first-order valence-electron chi connectivity index (χ1n) is 7.07. The summed E-state index contributed by atoms with van der Waals surface area (Å²) < 4.78 is 18.7. The quantitative estimate of drug-likeness (QED) is 0.514. The minimum absolute atomic E-state index is 0.0746. The maximum absolute atomic E-state index is 9.93. The first-order valence-corrected chi connectivity index (χ1v) is 6.57. The average molecular weight is 296 g/mol. The fourth-order valence-corrected chi connectivity index (χ4v) is 2.32. The van der Waals surface area contributed by atoms with Crippen LogP contribution in [0, 0.1) is 0 Å². The molecule has 1 aromatic heterocycles. The van der Waals surface area contributed by atoms with E-state index in [2.05, 4.69) is 4.98 Å². The van der Waals surface area contributed by atoms with E-state index in [1.54, 1.807) is 24.3 Å². The van der Waals surface area contributed by atoms with Crippen molar-refractivity contribution in [3.63, 3.8) is 0 Å². The number of ether oxygens (including phenoxy) is 2. The standard InChI is InChI=1S/C14H17NO6/c16-6-9-11(17)12(18)13(19)14(20-9)21-10-5-7-3-1-2-4-8(7)15-10/h1-5,9,11-19H,6H2/t9-,11+,12+,13-,14?/m1/s1/i5D. The fraction of sp³-hybridized carbons (Fsp3) is 0.429. The molecule has 5 N–H and O–H groups in total. The van der Waals surface area contributed by atoms with Crippen molar-refractivity contribution in [2.24, 2.45) is 0 Å². The van der Waals surface area contributed by atoms with Crippen molar-refractivity contribution in [3.8, 4) is 5.88 Å². The predicted molar refractivity (Wildman–Crippen MR) is 72.7 cm³/mol. The van der Waals surface area contributed by atoms with Crippen molar-refractivity contribution in [1.82, 2.24) is 4.98 Å². The largest absolute Gasteiger partial charge is 0.447 e. The Morgan fingerprint density at radius 2 is 1.95 bits per heavy atom. The van der Waals surface area contributed by atoms with E-state index >= 15 is 0 Å². The van der Waals surface area contributed by atoms with Gasteiger partial charge in [-0.2, -0.15) is 0 Å². The van der Waals surface area contributed by atoms with Crippen LogP contribution in [0.1, 0.15) is 1.37 Å². The Bertz CT molecular complexity index is 660. The van der Waals surface area contributed by atoms with Crippen LogP contribution in [-0.4, -0.2) is 62.7 Å². The summed E-state index contributed by atoms with van der Waals surface area (Å²) in [4.78, 5) is 2.88. The second kappa shape index (κ2) is 5.63. The van der Waals surface area contributed by atoms with Crippen LogP contribution < -0.4 is 4.74 Å². The Kier molecular flexibility index (Phi) is 3.50. The fourth-order valence-electron chi connectivity index (χ4n) is 2.32. The molecule has 1 aliphatic heterocycles. The monoisotopic (exact) mass is 296 g/mol. The molecule has 0 bridgehead atoms. The summed E-state index contributed by atoms with van der Waals surface area (Å²) in [5.41, 5.74) is 0.687. The van der Waals surface area contributed by atoms with Gasteiger partial charge in [0.25, 0.3) is 0 Å². The maximum Gasteiger partial charge on any atom is 0.230 e. The van der Waals surface area contributed by atoms with E-state index in [0.717, 1.165) is 0 Å². The topological polar surface area (TPSA) is 115 Å². The molecule has 2 heterocycles.